The zero-order valence-corrected chi connectivity index (χ0v) is 11.0. The third-order valence-electron chi connectivity index (χ3n) is 2.99. The fourth-order valence-electron chi connectivity index (χ4n) is 1.96. The molecule has 1 unspecified atom stereocenters. The van der Waals surface area contributed by atoms with E-state index in [1.54, 1.807) is 20.0 Å². The number of benzene rings is 1. The summed E-state index contributed by atoms with van der Waals surface area (Å²) < 4.78 is 38.4. The van der Waals surface area contributed by atoms with Gasteiger partial charge in [0.2, 0.25) is 0 Å². The Labute approximate surface area is 114 Å². The van der Waals surface area contributed by atoms with E-state index in [4.69, 9.17) is 5.73 Å². The number of aliphatic imine (C=N–C) groups is 1. The lowest BCUT2D eigenvalue weighted by atomic mass is 10.0. The molecule has 0 aliphatic carbocycles. The third kappa shape index (κ3) is 2.93. The van der Waals surface area contributed by atoms with Crippen LogP contribution in [0.2, 0.25) is 0 Å². The van der Waals surface area contributed by atoms with Crippen LogP contribution in [0.15, 0.2) is 29.3 Å². The van der Waals surface area contributed by atoms with Gasteiger partial charge < -0.3 is 10.6 Å². The summed E-state index contributed by atoms with van der Waals surface area (Å²) in [5.41, 5.74) is 6.74. The van der Waals surface area contributed by atoms with Gasteiger partial charge in [-0.1, -0.05) is 6.07 Å². The number of hydrogen-bond donors (Lipinski definition) is 3. The molecule has 1 aromatic carbocycles. The Hall–Kier alpha value is -2.02. The maximum atomic E-state index is 12.8. The molecule has 0 saturated heterocycles. The van der Waals surface area contributed by atoms with E-state index >= 15 is 0 Å². The molecule has 1 atom stereocenters. The van der Waals surface area contributed by atoms with Crippen LogP contribution in [-0.2, 0) is 6.18 Å². The van der Waals surface area contributed by atoms with Crippen molar-refractivity contribution in [1.82, 2.24) is 10.6 Å². The molecular weight excluding hydrogens is 269 g/mol. The minimum absolute atomic E-state index is 0.456. The van der Waals surface area contributed by atoms with E-state index in [1.807, 2.05) is 0 Å². The maximum absolute atomic E-state index is 12.8. The second-order valence-electron chi connectivity index (χ2n) is 4.46. The summed E-state index contributed by atoms with van der Waals surface area (Å²) in [5.74, 6) is 0.517. The molecule has 0 saturated carbocycles. The number of alkyl halides is 3. The highest BCUT2D eigenvalue weighted by Gasteiger charge is 2.31. The molecule has 4 nitrogen and oxygen atoms in total. The second-order valence-corrected chi connectivity index (χ2v) is 4.46. The lowest BCUT2D eigenvalue weighted by molar-refractivity contribution is -0.137. The van der Waals surface area contributed by atoms with E-state index in [2.05, 4.69) is 15.6 Å². The van der Waals surface area contributed by atoms with Gasteiger partial charge in [-0.15, -0.1) is 0 Å². The molecule has 0 radical (unpaired) electrons. The van der Waals surface area contributed by atoms with Gasteiger partial charge in [0, 0.05) is 24.4 Å². The Balaban J connectivity index is 2.49. The minimum atomic E-state index is -4.38. The van der Waals surface area contributed by atoms with Crippen molar-refractivity contribution in [3.63, 3.8) is 0 Å². The van der Waals surface area contributed by atoms with E-state index in [0.29, 0.717) is 17.1 Å². The molecule has 7 heteroatoms. The van der Waals surface area contributed by atoms with E-state index in [1.165, 1.54) is 6.07 Å². The van der Waals surface area contributed by atoms with Gasteiger partial charge in [-0.05, 0) is 24.6 Å². The van der Waals surface area contributed by atoms with Gasteiger partial charge in [0.05, 0.1) is 5.56 Å². The fraction of sp³-hybridized carbons (Fsp3) is 0.308. The normalized spacial score (nSPS) is 21.2. The average Bonchev–Trinajstić information content (AvgIpc) is 2.37. The number of nitrogens with zero attached hydrogens (tertiary/aromatic N) is 1. The topological polar surface area (TPSA) is 62.4 Å². The van der Waals surface area contributed by atoms with Gasteiger partial charge in [-0.2, -0.15) is 13.2 Å². The first-order valence-corrected chi connectivity index (χ1v) is 5.96. The molecule has 2 rings (SSSR count). The lowest BCUT2D eigenvalue weighted by Crippen LogP contribution is -2.53. The summed E-state index contributed by atoms with van der Waals surface area (Å²) in [5, 5.41) is 5.74. The number of aryl methyl sites for hydroxylation is 1. The molecule has 1 aliphatic heterocycles. The van der Waals surface area contributed by atoms with Crippen LogP contribution < -0.4 is 16.4 Å². The SMILES string of the molecule is CN=C1C=C(c2cc(C(F)(F)F)ccc2C)NC(N)N1. The van der Waals surface area contributed by atoms with Crippen LogP contribution in [0.3, 0.4) is 0 Å². The van der Waals surface area contributed by atoms with Crippen molar-refractivity contribution >= 4 is 11.5 Å². The summed E-state index contributed by atoms with van der Waals surface area (Å²) in [6.45, 7) is 1.74. The summed E-state index contributed by atoms with van der Waals surface area (Å²) in [7, 11) is 1.58. The zero-order valence-electron chi connectivity index (χ0n) is 11.0. The van der Waals surface area contributed by atoms with Gasteiger partial charge >= 0.3 is 6.18 Å². The molecule has 20 heavy (non-hydrogen) atoms. The number of amidine groups is 1. The van der Waals surface area contributed by atoms with Crippen molar-refractivity contribution in [2.45, 2.75) is 19.4 Å². The van der Waals surface area contributed by atoms with Crippen LogP contribution in [0.1, 0.15) is 16.7 Å². The average molecular weight is 284 g/mol. The van der Waals surface area contributed by atoms with Gasteiger partial charge in [0.1, 0.15) is 5.84 Å². The fourth-order valence-corrected chi connectivity index (χ4v) is 1.96. The molecule has 0 spiro atoms. The Kier molecular flexibility index (Phi) is 3.71. The molecule has 1 aliphatic rings. The van der Waals surface area contributed by atoms with Crippen molar-refractivity contribution in [2.24, 2.45) is 10.7 Å². The van der Waals surface area contributed by atoms with Crippen molar-refractivity contribution in [1.29, 1.82) is 0 Å². The van der Waals surface area contributed by atoms with Gasteiger partial charge in [0.25, 0.3) is 0 Å². The van der Waals surface area contributed by atoms with E-state index in [0.717, 1.165) is 17.7 Å². The quantitative estimate of drug-likeness (QED) is 0.737. The monoisotopic (exact) mass is 284 g/mol. The van der Waals surface area contributed by atoms with Crippen molar-refractivity contribution < 1.29 is 13.2 Å². The number of hydrogen-bond acceptors (Lipinski definition) is 3. The first-order chi connectivity index (χ1) is 9.31. The zero-order chi connectivity index (χ0) is 14.9. The van der Waals surface area contributed by atoms with E-state index < -0.39 is 18.0 Å². The highest BCUT2D eigenvalue weighted by molar-refractivity contribution is 6.00. The van der Waals surface area contributed by atoms with Crippen molar-refractivity contribution in [2.75, 3.05) is 7.05 Å². The number of nitrogens with two attached hydrogens (primary N) is 1. The molecule has 0 amide bonds. The summed E-state index contributed by atoms with van der Waals surface area (Å²) in [4.78, 5) is 3.96. The predicted octanol–water partition coefficient (Wildman–Crippen LogP) is 1.82. The van der Waals surface area contributed by atoms with Gasteiger partial charge in [0.15, 0.2) is 6.29 Å². The largest absolute Gasteiger partial charge is 0.416 e. The summed E-state index contributed by atoms with van der Waals surface area (Å²) >= 11 is 0. The van der Waals surface area contributed by atoms with Crippen LogP contribution in [0.25, 0.3) is 5.70 Å². The Morgan fingerprint density at radius 2 is 1.95 bits per heavy atom. The van der Waals surface area contributed by atoms with Crippen LogP contribution in [0, 0.1) is 6.92 Å². The standard InChI is InChI=1S/C13H15F3N4/c1-7-3-4-8(13(14,15)16)5-9(7)10-6-11(18-2)20-12(17)19-10/h3-6,12,19H,17H2,1-2H3,(H,18,20). The summed E-state index contributed by atoms with van der Waals surface area (Å²) in [6.07, 6.45) is -3.34. The van der Waals surface area contributed by atoms with E-state index in [9.17, 15) is 13.2 Å². The second kappa shape index (κ2) is 5.16. The van der Waals surface area contributed by atoms with Gasteiger partial charge in [-0.3, -0.25) is 10.7 Å². The Morgan fingerprint density at radius 3 is 2.55 bits per heavy atom. The number of halogens is 3. The molecule has 0 bridgehead atoms. The van der Waals surface area contributed by atoms with Crippen molar-refractivity contribution in [3.05, 3.63) is 41.0 Å². The molecule has 1 heterocycles. The number of rotatable bonds is 1. The Morgan fingerprint density at radius 1 is 1.25 bits per heavy atom. The third-order valence-corrected chi connectivity index (χ3v) is 2.99. The highest BCUT2D eigenvalue weighted by atomic mass is 19.4. The molecule has 4 N–H and O–H groups in total. The minimum Gasteiger partial charge on any atom is -0.353 e. The van der Waals surface area contributed by atoms with E-state index in [-0.39, 0.29) is 0 Å². The maximum Gasteiger partial charge on any atom is 0.416 e. The molecule has 108 valence electrons. The molecule has 0 fully saturated rings. The smallest absolute Gasteiger partial charge is 0.353 e. The van der Waals surface area contributed by atoms with Crippen LogP contribution in [-0.4, -0.2) is 19.2 Å². The van der Waals surface area contributed by atoms with Crippen LogP contribution >= 0.6 is 0 Å². The highest BCUT2D eigenvalue weighted by Crippen LogP contribution is 2.32. The molecule has 0 aromatic heterocycles. The predicted molar refractivity (Wildman–Crippen MR) is 71.8 cm³/mol. The molecular formula is C13H15F3N4. The van der Waals surface area contributed by atoms with Crippen LogP contribution in [0.5, 0.6) is 0 Å². The Bertz CT molecular complexity index is 575. The first kappa shape index (κ1) is 14.4. The summed E-state index contributed by atoms with van der Waals surface area (Å²) in [6, 6.07) is 3.62. The lowest BCUT2D eigenvalue weighted by Gasteiger charge is -2.26. The molecule has 1 aromatic rings. The number of nitrogens with one attached hydrogen (secondary N) is 2. The van der Waals surface area contributed by atoms with Crippen LogP contribution in [0.4, 0.5) is 13.2 Å². The first-order valence-electron chi connectivity index (χ1n) is 5.96. The van der Waals surface area contributed by atoms with Crippen molar-refractivity contribution in [3.8, 4) is 0 Å². The van der Waals surface area contributed by atoms with Gasteiger partial charge in [-0.25, -0.2) is 0 Å².